The van der Waals surface area contributed by atoms with Gasteiger partial charge in [-0.15, -0.1) is 25.2 Å². The smallest absolute Gasteiger partial charge is 0.299 e. The zero-order valence-electron chi connectivity index (χ0n) is 23.3. The van der Waals surface area contributed by atoms with E-state index >= 15 is 0 Å². The lowest BCUT2D eigenvalue weighted by atomic mass is 10.4. The van der Waals surface area contributed by atoms with Crippen LogP contribution < -0.4 is 0 Å². The Kier molecular flexibility index (Phi) is 28.2. The van der Waals surface area contributed by atoms with Crippen molar-refractivity contribution in [2.45, 2.75) is 14.7 Å². The molecule has 0 spiro atoms. The summed E-state index contributed by atoms with van der Waals surface area (Å²) in [5.74, 6) is 0. The van der Waals surface area contributed by atoms with Crippen LogP contribution in [-0.4, -0.2) is 58.7 Å². The van der Waals surface area contributed by atoms with Gasteiger partial charge in [-0.05, 0) is 36.4 Å². The minimum absolute atomic E-state index is 0.0146. The maximum atomic E-state index is 10.4. The number of rotatable bonds is 3. The van der Waals surface area contributed by atoms with Gasteiger partial charge in [0.1, 0.15) is 0 Å². The summed E-state index contributed by atoms with van der Waals surface area (Å²) in [6.45, 7) is 0. The molecule has 3 aromatic rings. The third-order valence-electron chi connectivity index (χ3n) is 2.94. The van der Waals surface area contributed by atoms with E-state index in [1.54, 1.807) is 0 Å². The highest BCUT2D eigenvalue weighted by Crippen LogP contribution is 2.37. The maximum absolute atomic E-state index is 10.4. The number of benzene rings is 3. The van der Waals surface area contributed by atoms with Gasteiger partial charge in [-0.2, -0.15) is 0 Å². The minimum atomic E-state index is -5.14. The van der Waals surface area contributed by atoms with E-state index in [-0.39, 0.29) is 10.9 Å². The summed E-state index contributed by atoms with van der Waals surface area (Å²) >= 11 is 0. The lowest BCUT2D eigenvalue weighted by Gasteiger charge is -2.07. The van der Waals surface area contributed by atoms with Crippen molar-refractivity contribution in [3.8, 4) is 0 Å². The van der Waals surface area contributed by atoms with E-state index in [1.807, 2.05) is 0 Å². The van der Waals surface area contributed by atoms with Crippen LogP contribution in [-0.2, 0) is 38.3 Å². The molecule has 0 aliphatic heterocycles. The van der Waals surface area contributed by atoms with Crippen LogP contribution >= 0.6 is 47.4 Å². The average molecular weight is 863 g/mol. The second kappa shape index (κ2) is 25.4. The monoisotopic (exact) mass is 863 g/mol. The second-order valence-corrected chi connectivity index (χ2v) is 14.8. The van der Waals surface area contributed by atoms with Crippen LogP contribution in [0.2, 0.25) is 0 Å². The molecule has 0 unspecified atom stereocenters. The zero-order chi connectivity index (χ0) is 39.9. The first-order chi connectivity index (χ1) is 21.4. The van der Waals surface area contributed by atoms with E-state index in [9.17, 15) is 25.2 Å². The van der Waals surface area contributed by atoms with E-state index in [2.05, 4.69) is 91.0 Å². The van der Waals surface area contributed by atoms with Crippen molar-refractivity contribution in [2.75, 3.05) is 0 Å². The normalized spacial score (nSPS) is 11.3. The van der Waals surface area contributed by atoms with Gasteiger partial charge in [-0.3, -0.25) is 58.7 Å². The van der Waals surface area contributed by atoms with Crippen LogP contribution in [0.5, 0.6) is 0 Å². The maximum Gasteiger partial charge on any atom is 0.507 e. The summed E-state index contributed by atoms with van der Waals surface area (Å²) < 4.78 is 114. The molecule has 0 saturated carbocycles. The molecular formula is C18H27F6O18P6S+. The van der Waals surface area contributed by atoms with Crippen molar-refractivity contribution < 1.29 is 111 Å². The molecule has 284 valence electrons. The van der Waals surface area contributed by atoms with Crippen molar-refractivity contribution in [2.24, 2.45) is 0 Å². The van der Waals surface area contributed by atoms with E-state index in [0.29, 0.717) is 0 Å². The number of hydrogen-bond donors (Lipinski definition) is 12. The third kappa shape index (κ3) is 77.4. The van der Waals surface area contributed by atoms with Gasteiger partial charge in [-0.1, -0.05) is 54.6 Å². The molecule has 0 fully saturated rings. The molecule has 18 nitrogen and oxygen atoms in total. The summed E-state index contributed by atoms with van der Waals surface area (Å²) in [6.07, 6.45) is 0. The predicted octanol–water partition coefficient (Wildman–Crippen LogP) is 5.07. The van der Waals surface area contributed by atoms with Crippen molar-refractivity contribution >= 4 is 58.3 Å². The van der Waals surface area contributed by atoms with E-state index < -0.39 is 47.4 Å². The topological polar surface area (TPSA) is 345 Å². The molecule has 0 aromatic heterocycles. The molecule has 49 heavy (non-hydrogen) atoms. The standard InChI is InChI=1S/C18H15S.6FH2O3P/c1-4-10-16(11-5-1)19(17-12-6-2-7-13-17)18-14-8-3-9-15-18;6*1-5(2,3)4/h1-15H;6*(H2,2,3,4)/q+1;;;;;;. The van der Waals surface area contributed by atoms with E-state index in [1.165, 1.54) is 14.7 Å². The fourth-order valence-corrected chi connectivity index (χ4v) is 4.18. The molecule has 3 aromatic carbocycles. The molecule has 0 bridgehead atoms. The first-order valence-corrected chi connectivity index (χ1v) is 21.1. The molecule has 0 heterocycles. The molecule has 12 N–H and O–H groups in total. The average Bonchev–Trinajstić information content (AvgIpc) is 2.80. The molecular weight excluding hydrogens is 836 g/mol. The molecule has 0 aliphatic rings. The lowest BCUT2D eigenvalue weighted by molar-refractivity contribution is 0.320. The van der Waals surface area contributed by atoms with Crippen LogP contribution in [0.4, 0.5) is 25.2 Å². The molecule has 0 aliphatic carbocycles. The molecule has 0 radical (unpaired) electrons. The number of hydrogen-bond acceptors (Lipinski definition) is 6. The first kappa shape index (κ1) is 54.3. The molecule has 31 heteroatoms. The van der Waals surface area contributed by atoms with Gasteiger partial charge in [0.15, 0.2) is 14.7 Å². The molecule has 0 amide bonds. The summed E-state index contributed by atoms with van der Waals surface area (Å²) in [6, 6.07) is 32.2. The van der Waals surface area contributed by atoms with Crippen molar-refractivity contribution in [3.63, 3.8) is 0 Å². The van der Waals surface area contributed by atoms with Crippen molar-refractivity contribution in [1.82, 2.24) is 0 Å². The van der Waals surface area contributed by atoms with Gasteiger partial charge in [0, 0.05) is 0 Å². The quantitative estimate of drug-likeness (QED) is 0.0928. The van der Waals surface area contributed by atoms with Gasteiger partial charge in [0.2, 0.25) is 0 Å². The van der Waals surface area contributed by atoms with Crippen LogP contribution in [0.15, 0.2) is 106 Å². The highest BCUT2D eigenvalue weighted by atomic mass is 32.2. The van der Waals surface area contributed by atoms with Gasteiger partial charge in [0.25, 0.3) is 0 Å². The van der Waals surface area contributed by atoms with Crippen LogP contribution in [0.25, 0.3) is 0 Å². The Morgan fingerprint density at radius 1 is 0.306 bits per heavy atom. The van der Waals surface area contributed by atoms with E-state index in [4.69, 9.17) is 86.1 Å². The lowest BCUT2D eigenvalue weighted by Crippen LogP contribution is -2.04. The Morgan fingerprint density at radius 2 is 0.408 bits per heavy atom. The van der Waals surface area contributed by atoms with E-state index in [0.717, 1.165) is 0 Å². The van der Waals surface area contributed by atoms with Gasteiger partial charge >= 0.3 is 47.4 Å². The third-order valence-corrected chi connectivity index (χ3v) is 5.17. The van der Waals surface area contributed by atoms with Crippen LogP contribution in [0.1, 0.15) is 0 Å². The first-order valence-electron chi connectivity index (χ1n) is 10.9. The molecule has 0 saturated heterocycles. The van der Waals surface area contributed by atoms with Gasteiger partial charge in [-0.25, -0.2) is 27.4 Å². The predicted molar refractivity (Wildman–Crippen MR) is 160 cm³/mol. The summed E-state index contributed by atoms with van der Waals surface area (Å²) in [5, 5.41) is 0. The Morgan fingerprint density at radius 3 is 0.510 bits per heavy atom. The Hall–Kier alpha value is -1.51. The Bertz CT molecular complexity index is 1280. The fraction of sp³-hybridized carbons (Fsp3) is 0. The number of halogens is 6. The fourth-order valence-electron chi connectivity index (χ4n) is 2.08. The highest BCUT2D eigenvalue weighted by Gasteiger charge is 2.27. The largest absolute Gasteiger partial charge is 0.507 e. The van der Waals surface area contributed by atoms with Gasteiger partial charge in [0.05, 0.1) is 10.9 Å². The second-order valence-electron chi connectivity index (χ2n) is 7.08. The van der Waals surface area contributed by atoms with Crippen molar-refractivity contribution in [1.29, 1.82) is 0 Å². The minimum Gasteiger partial charge on any atom is -0.299 e. The summed E-state index contributed by atoms with van der Waals surface area (Å²) in [7, 11) is -30.8. The summed E-state index contributed by atoms with van der Waals surface area (Å²) in [5.41, 5.74) is 0. The highest BCUT2D eigenvalue weighted by molar-refractivity contribution is 7.97. The Balaban J connectivity index is -0.000000280. The SMILES string of the molecule is O=P(O)(O)F.O=P(O)(O)F.O=P(O)(O)F.O=P(O)(O)F.O=P(O)(O)F.O=P(O)(O)F.c1ccc([S+](c2ccccc2)c2ccccc2)cc1. The van der Waals surface area contributed by atoms with Gasteiger partial charge < -0.3 is 0 Å². The van der Waals surface area contributed by atoms with Crippen molar-refractivity contribution in [3.05, 3.63) is 91.0 Å². The molecule has 3 rings (SSSR count). The van der Waals surface area contributed by atoms with Crippen LogP contribution in [0.3, 0.4) is 0 Å². The summed E-state index contributed by atoms with van der Waals surface area (Å²) in [4.78, 5) is 87.7. The molecule has 0 atom stereocenters. The zero-order valence-corrected chi connectivity index (χ0v) is 29.5. The van der Waals surface area contributed by atoms with Crippen LogP contribution in [0, 0.1) is 0 Å². The Labute approximate surface area is 275 Å².